The lowest BCUT2D eigenvalue weighted by Gasteiger charge is -2.38. The number of hydrogen-bond acceptors (Lipinski definition) is 6. The fraction of sp³-hybridized carbons (Fsp3) is 0.516. The van der Waals surface area contributed by atoms with Crippen LogP contribution in [0.4, 0.5) is 21.0 Å². The molecule has 1 aliphatic heterocycles. The molecule has 2 aromatic carbocycles. The molecule has 2 aromatic rings. The Labute approximate surface area is 242 Å². The molecule has 1 heterocycles. The Morgan fingerprint density at radius 2 is 1.83 bits per heavy atom. The largest absolute Gasteiger partial charge is 0.465 e. The highest BCUT2D eigenvalue weighted by molar-refractivity contribution is 5.94. The van der Waals surface area contributed by atoms with Crippen molar-refractivity contribution in [2.75, 3.05) is 44.0 Å². The minimum absolute atomic E-state index is 0.000594. The lowest BCUT2D eigenvalue weighted by atomic mass is 9.85. The van der Waals surface area contributed by atoms with Gasteiger partial charge < -0.3 is 30.3 Å². The van der Waals surface area contributed by atoms with Crippen molar-refractivity contribution >= 4 is 29.5 Å². The summed E-state index contributed by atoms with van der Waals surface area (Å²) >= 11 is 0. The Hall–Kier alpha value is -3.79. The van der Waals surface area contributed by atoms with Crippen LogP contribution >= 0.6 is 0 Å². The van der Waals surface area contributed by atoms with Crippen LogP contribution in [0.15, 0.2) is 42.5 Å². The van der Waals surface area contributed by atoms with E-state index >= 15 is 0 Å². The van der Waals surface area contributed by atoms with Crippen LogP contribution in [-0.4, -0.2) is 78.9 Å². The summed E-state index contributed by atoms with van der Waals surface area (Å²) in [5, 5.41) is 15.6. The summed E-state index contributed by atoms with van der Waals surface area (Å²) in [6.45, 7) is 7.14. The maximum Gasteiger partial charge on any atom is 0.407 e. The second kappa shape index (κ2) is 13.7. The number of nitrogens with zero attached hydrogens (tertiary/aromatic N) is 3. The second-order valence-electron chi connectivity index (χ2n) is 11.3. The molecular weight excluding hydrogens is 522 g/mol. The van der Waals surface area contributed by atoms with Crippen molar-refractivity contribution in [3.8, 4) is 0 Å². The highest BCUT2D eigenvalue weighted by atomic mass is 16.5. The number of piperazine rings is 1. The first-order valence-corrected chi connectivity index (χ1v) is 14.4. The molecule has 1 aliphatic carbocycles. The zero-order valence-electron chi connectivity index (χ0n) is 24.6. The number of nitrogens with one attached hydrogen (secondary N) is 2. The van der Waals surface area contributed by atoms with Crippen molar-refractivity contribution < 1.29 is 24.2 Å². The maximum absolute atomic E-state index is 13.4. The van der Waals surface area contributed by atoms with Gasteiger partial charge in [0.25, 0.3) is 0 Å². The molecule has 0 unspecified atom stereocenters. The molecule has 2 fully saturated rings. The predicted octanol–water partition coefficient (Wildman–Crippen LogP) is 4.67. The third-order valence-electron chi connectivity index (χ3n) is 8.39. The Bertz CT molecular complexity index is 1230. The number of carbonyl (C=O) groups excluding carboxylic acids is 2. The van der Waals surface area contributed by atoms with Gasteiger partial charge in [-0.25, -0.2) is 9.59 Å². The van der Waals surface area contributed by atoms with Crippen molar-refractivity contribution in [1.29, 1.82) is 0 Å². The molecule has 0 radical (unpaired) electrons. The molecule has 0 aromatic heterocycles. The first-order chi connectivity index (χ1) is 19.6. The Balaban J connectivity index is 1.27. The van der Waals surface area contributed by atoms with Crippen LogP contribution in [0, 0.1) is 12.8 Å². The molecule has 1 saturated heterocycles. The summed E-state index contributed by atoms with van der Waals surface area (Å²) in [7, 11) is 3.21. The highest BCUT2D eigenvalue weighted by Gasteiger charge is 2.30. The highest BCUT2D eigenvalue weighted by Crippen LogP contribution is 2.30. The van der Waals surface area contributed by atoms with E-state index in [1.54, 1.807) is 4.90 Å². The average molecular weight is 566 g/mol. The summed E-state index contributed by atoms with van der Waals surface area (Å²) < 4.78 is 4.63. The molecular formula is C31H43N5O5. The van der Waals surface area contributed by atoms with Crippen LogP contribution in [0.25, 0.3) is 0 Å². The van der Waals surface area contributed by atoms with Gasteiger partial charge >= 0.3 is 12.2 Å². The summed E-state index contributed by atoms with van der Waals surface area (Å²) in [5.74, 6) is 0.158. The Kier molecular flexibility index (Phi) is 10.1. The fourth-order valence-electron chi connectivity index (χ4n) is 5.91. The van der Waals surface area contributed by atoms with Crippen LogP contribution in [0.2, 0.25) is 0 Å². The van der Waals surface area contributed by atoms with E-state index in [-0.39, 0.29) is 17.9 Å². The smallest absolute Gasteiger partial charge is 0.407 e. The lowest BCUT2D eigenvalue weighted by Crippen LogP contribution is -2.53. The monoisotopic (exact) mass is 565 g/mol. The van der Waals surface area contributed by atoms with Gasteiger partial charge in [-0.1, -0.05) is 18.2 Å². The van der Waals surface area contributed by atoms with Gasteiger partial charge in [-0.2, -0.15) is 0 Å². The number of aryl methyl sites for hydroxylation is 1. The number of carboxylic acid groups (broad SMARTS) is 1. The standard InChI is InChI=1S/C31H43N5O5/c1-21-16-28(13-10-25(21)20-35-14-15-36(31(39)40)22(2)19-35)34(3)29(37)24-8-11-26(12-9-24)33-27-7-5-6-23(17-27)18-32-30(38)41-4/h5-7,10,13,16-17,22,24,26,33H,8-9,11-12,14-15,18-20H2,1-4H3,(H,32,38)(H,39,40)/t22-,24-,26-/m0/s1. The van der Waals surface area contributed by atoms with E-state index < -0.39 is 12.2 Å². The molecule has 3 amide bonds. The van der Waals surface area contributed by atoms with Gasteiger partial charge in [0.1, 0.15) is 0 Å². The third kappa shape index (κ3) is 7.91. The van der Waals surface area contributed by atoms with E-state index in [0.29, 0.717) is 32.2 Å². The van der Waals surface area contributed by atoms with E-state index in [1.165, 1.54) is 17.6 Å². The normalized spacial score (nSPS) is 21.2. The fourth-order valence-corrected chi connectivity index (χ4v) is 5.91. The van der Waals surface area contributed by atoms with Gasteiger partial charge in [-0.05, 0) is 80.5 Å². The van der Waals surface area contributed by atoms with E-state index in [0.717, 1.165) is 54.7 Å². The molecule has 1 saturated carbocycles. The zero-order valence-corrected chi connectivity index (χ0v) is 24.6. The van der Waals surface area contributed by atoms with Crippen molar-refractivity contribution in [3.63, 3.8) is 0 Å². The number of carbonyl (C=O) groups is 3. The predicted molar refractivity (Wildman–Crippen MR) is 159 cm³/mol. The minimum Gasteiger partial charge on any atom is -0.465 e. The summed E-state index contributed by atoms with van der Waals surface area (Å²) in [4.78, 5) is 41.7. The average Bonchev–Trinajstić information content (AvgIpc) is 2.96. The van der Waals surface area contributed by atoms with Gasteiger partial charge in [0.15, 0.2) is 0 Å². The molecule has 10 nitrogen and oxygen atoms in total. The second-order valence-corrected chi connectivity index (χ2v) is 11.3. The zero-order chi connectivity index (χ0) is 29.5. The molecule has 41 heavy (non-hydrogen) atoms. The first-order valence-electron chi connectivity index (χ1n) is 14.4. The Morgan fingerprint density at radius 3 is 2.49 bits per heavy atom. The van der Waals surface area contributed by atoms with E-state index in [9.17, 15) is 19.5 Å². The molecule has 3 N–H and O–H groups in total. The SMILES string of the molecule is COC(=O)NCc1cccc(N[C@H]2CC[C@H](C(=O)N(C)c3ccc(CN4CCN(C(=O)O)[C@@H](C)C4)c(C)c3)CC2)c1. The number of hydrogen-bond donors (Lipinski definition) is 3. The van der Waals surface area contributed by atoms with Gasteiger partial charge in [0.05, 0.1) is 7.11 Å². The van der Waals surface area contributed by atoms with Crippen LogP contribution < -0.4 is 15.5 Å². The first kappa shape index (κ1) is 30.2. The third-order valence-corrected chi connectivity index (χ3v) is 8.39. The van der Waals surface area contributed by atoms with Crippen molar-refractivity contribution in [2.45, 2.75) is 64.7 Å². The summed E-state index contributed by atoms with van der Waals surface area (Å²) in [5.41, 5.74) is 5.23. The number of rotatable bonds is 8. The van der Waals surface area contributed by atoms with Gasteiger partial charge in [0, 0.05) is 69.1 Å². The van der Waals surface area contributed by atoms with Crippen LogP contribution in [-0.2, 0) is 22.6 Å². The Morgan fingerprint density at radius 1 is 1.07 bits per heavy atom. The van der Waals surface area contributed by atoms with Crippen molar-refractivity contribution in [3.05, 3.63) is 59.2 Å². The molecule has 222 valence electrons. The molecule has 10 heteroatoms. The van der Waals surface area contributed by atoms with Crippen molar-refractivity contribution in [2.24, 2.45) is 5.92 Å². The van der Waals surface area contributed by atoms with Crippen LogP contribution in [0.5, 0.6) is 0 Å². The quantitative estimate of drug-likeness (QED) is 0.426. The number of benzene rings is 2. The number of anilines is 2. The van der Waals surface area contributed by atoms with Gasteiger partial charge in [-0.15, -0.1) is 0 Å². The molecule has 1 atom stereocenters. The minimum atomic E-state index is -0.855. The van der Waals surface area contributed by atoms with E-state index in [1.807, 2.05) is 44.3 Å². The number of alkyl carbamates (subject to hydrolysis) is 1. The van der Waals surface area contributed by atoms with Gasteiger partial charge in [-0.3, -0.25) is 9.69 Å². The lowest BCUT2D eigenvalue weighted by molar-refractivity contribution is -0.123. The van der Waals surface area contributed by atoms with Gasteiger partial charge in [0.2, 0.25) is 5.91 Å². The van der Waals surface area contributed by atoms with E-state index in [2.05, 4.69) is 39.3 Å². The van der Waals surface area contributed by atoms with Crippen LogP contribution in [0.1, 0.15) is 49.3 Å². The summed E-state index contributed by atoms with van der Waals surface area (Å²) in [6.07, 6.45) is 2.20. The van der Waals surface area contributed by atoms with Crippen molar-refractivity contribution in [1.82, 2.24) is 15.1 Å². The number of methoxy groups -OCH3 is 1. The molecule has 2 aliphatic rings. The van der Waals surface area contributed by atoms with E-state index in [4.69, 9.17) is 0 Å². The molecule has 0 bridgehead atoms. The molecule has 4 rings (SSSR count). The number of ether oxygens (including phenoxy) is 1. The molecule has 0 spiro atoms. The summed E-state index contributed by atoms with van der Waals surface area (Å²) in [6, 6.07) is 14.4. The number of amides is 3. The maximum atomic E-state index is 13.4. The topological polar surface area (TPSA) is 114 Å². The van der Waals surface area contributed by atoms with Crippen LogP contribution in [0.3, 0.4) is 0 Å².